The van der Waals surface area contributed by atoms with Gasteiger partial charge < -0.3 is 9.64 Å². The lowest BCUT2D eigenvalue weighted by atomic mass is 9.96. The van der Waals surface area contributed by atoms with Gasteiger partial charge in [-0.3, -0.25) is 10.1 Å². The number of nitrogens with one attached hydrogen (secondary N) is 1. The minimum absolute atomic E-state index is 0.0294. The van der Waals surface area contributed by atoms with E-state index in [2.05, 4.69) is 24.2 Å². The smallest absolute Gasteiger partial charge is 0.326 e. The monoisotopic (exact) mass is 282 g/mol. The van der Waals surface area contributed by atoms with Gasteiger partial charge in [-0.05, 0) is 59.0 Å². The van der Waals surface area contributed by atoms with Crippen molar-refractivity contribution in [2.24, 2.45) is 0 Å². The van der Waals surface area contributed by atoms with Crippen LogP contribution in [0.4, 0.5) is 0 Å². The van der Waals surface area contributed by atoms with E-state index < -0.39 is 5.54 Å². The molecule has 0 aromatic heterocycles. The van der Waals surface area contributed by atoms with Crippen molar-refractivity contribution in [3.05, 3.63) is 0 Å². The highest BCUT2D eigenvalue weighted by atomic mass is 16.5. The number of nitrogens with zero attached hydrogens (tertiary/aromatic N) is 1. The van der Waals surface area contributed by atoms with Gasteiger partial charge in [-0.2, -0.15) is 0 Å². The van der Waals surface area contributed by atoms with Crippen LogP contribution in [-0.2, 0) is 9.53 Å². The van der Waals surface area contributed by atoms with Crippen molar-refractivity contribution >= 4 is 5.97 Å². The molecule has 0 amide bonds. The van der Waals surface area contributed by atoms with Gasteiger partial charge in [0.15, 0.2) is 0 Å². The van der Waals surface area contributed by atoms with Gasteiger partial charge in [0.2, 0.25) is 0 Å². The van der Waals surface area contributed by atoms with Crippen LogP contribution in [0.15, 0.2) is 0 Å². The lowest BCUT2D eigenvalue weighted by molar-refractivity contribution is -0.151. The standard InChI is InChI=1S/C16H30N2O2/c1-4-6-11-18(3)14-9-10-16(12-14,15(19)20-5-2)17-13-7-8-13/h13-14,17H,4-12H2,1-3H3. The average molecular weight is 282 g/mol. The zero-order chi connectivity index (χ0) is 14.6. The highest BCUT2D eigenvalue weighted by molar-refractivity contribution is 5.81. The maximum atomic E-state index is 12.4. The van der Waals surface area contributed by atoms with Crippen LogP contribution < -0.4 is 5.32 Å². The number of hydrogen-bond donors (Lipinski definition) is 1. The second-order valence-corrected chi connectivity index (χ2v) is 6.45. The fourth-order valence-corrected chi connectivity index (χ4v) is 3.25. The van der Waals surface area contributed by atoms with E-state index in [0.29, 0.717) is 18.7 Å². The van der Waals surface area contributed by atoms with Gasteiger partial charge in [0.05, 0.1) is 6.61 Å². The van der Waals surface area contributed by atoms with Gasteiger partial charge in [0.1, 0.15) is 5.54 Å². The van der Waals surface area contributed by atoms with E-state index in [4.69, 9.17) is 4.74 Å². The molecular weight excluding hydrogens is 252 g/mol. The molecule has 2 rings (SSSR count). The summed E-state index contributed by atoms with van der Waals surface area (Å²) in [6, 6.07) is 1.05. The van der Waals surface area contributed by atoms with E-state index in [1.807, 2.05) is 6.92 Å². The van der Waals surface area contributed by atoms with Crippen molar-refractivity contribution in [1.82, 2.24) is 10.2 Å². The summed E-state index contributed by atoms with van der Waals surface area (Å²) in [4.78, 5) is 14.8. The van der Waals surface area contributed by atoms with Crippen LogP contribution in [-0.4, -0.2) is 48.7 Å². The Morgan fingerprint density at radius 2 is 2.10 bits per heavy atom. The number of carbonyl (C=O) groups is 1. The molecule has 0 aromatic carbocycles. The van der Waals surface area contributed by atoms with Crippen LogP contribution in [0.1, 0.15) is 58.8 Å². The molecule has 2 aliphatic rings. The van der Waals surface area contributed by atoms with Crippen LogP contribution in [0.2, 0.25) is 0 Å². The molecule has 0 heterocycles. The Morgan fingerprint density at radius 3 is 2.70 bits per heavy atom. The zero-order valence-electron chi connectivity index (χ0n) is 13.3. The Balaban J connectivity index is 1.96. The van der Waals surface area contributed by atoms with Crippen molar-refractivity contribution < 1.29 is 9.53 Å². The molecule has 0 bridgehead atoms. The van der Waals surface area contributed by atoms with Gasteiger partial charge >= 0.3 is 5.97 Å². The Hall–Kier alpha value is -0.610. The molecule has 2 atom stereocenters. The fourth-order valence-electron chi connectivity index (χ4n) is 3.25. The molecule has 116 valence electrons. The number of esters is 1. The summed E-state index contributed by atoms with van der Waals surface area (Å²) in [6.45, 7) is 5.72. The molecule has 2 fully saturated rings. The normalized spacial score (nSPS) is 29.9. The van der Waals surface area contributed by atoms with Crippen molar-refractivity contribution in [2.75, 3.05) is 20.2 Å². The first kappa shape index (κ1) is 15.8. The number of ether oxygens (including phenoxy) is 1. The van der Waals surface area contributed by atoms with Crippen LogP contribution in [0.3, 0.4) is 0 Å². The summed E-state index contributed by atoms with van der Waals surface area (Å²) in [5, 5.41) is 3.59. The molecule has 0 radical (unpaired) electrons. The van der Waals surface area contributed by atoms with E-state index in [0.717, 1.165) is 25.8 Å². The average Bonchev–Trinajstić information content (AvgIpc) is 3.13. The maximum absolute atomic E-state index is 12.4. The predicted octanol–water partition coefficient (Wildman–Crippen LogP) is 2.32. The minimum atomic E-state index is -0.414. The third-order valence-corrected chi connectivity index (χ3v) is 4.70. The molecule has 4 heteroatoms. The van der Waals surface area contributed by atoms with Gasteiger partial charge in [0, 0.05) is 12.1 Å². The van der Waals surface area contributed by atoms with Crippen molar-refractivity contribution in [3.8, 4) is 0 Å². The van der Waals surface area contributed by atoms with Gasteiger partial charge in [-0.25, -0.2) is 0 Å². The van der Waals surface area contributed by atoms with E-state index >= 15 is 0 Å². The van der Waals surface area contributed by atoms with Crippen LogP contribution in [0, 0.1) is 0 Å². The Morgan fingerprint density at radius 1 is 1.35 bits per heavy atom. The fraction of sp³-hybridized carbons (Fsp3) is 0.938. The van der Waals surface area contributed by atoms with Crippen molar-refractivity contribution in [2.45, 2.75) is 76.4 Å². The molecule has 4 nitrogen and oxygen atoms in total. The van der Waals surface area contributed by atoms with Crippen molar-refractivity contribution in [3.63, 3.8) is 0 Å². The van der Waals surface area contributed by atoms with E-state index in [1.54, 1.807) is 0 Å². The molecule has 0 aliphatic heterocycles. The van der Waals surface area contributed by atoms with Gasteiger partial charge in [-0.15, -0.1) is 0 Å². The molecule has 0 aromatic rings. The topological polar surface area (TPSA) is 41.6 Å². The Labute approximate surface area is 123 Å². The number of carbonyl (C=O) groups excluding carboxylic acids is 1. The van der Waals surface area contributed by atoms with E-state index in [1.165, 1.54) is 25.7 Å². The number of hydrogen-bond acceptors (Lipinski definition) is 4. The second kappa shape index (κ2) is 6.90. The third kappa shape index (κ3) is 3.73. The summed E-state index contributed by atoms with van der Waals surface area (Å²) in [5.41, 5.74) is -0.414. The van der Waals surface area contributed by atoms with E-state index in [-0.39, 0.29) is 5.97 Å². The molecule has 0 spiro atoms. The number of unbranched alkanes of at least 4 members (excludes halogenated alkanes) is 1. The SMILES string of the molecule is CCCCN(C)C1CCC(NC2CC2)(C(=O)OCC)C1. The first-order chi connectivity index (χ1) is 9.61. The number of rotatable bonds is 8. The quantitative estimate of drug-likeness (QED) is 0.694. The molecule has 0 saturated heterocycles. The van der Waals surface area contributed by atoms with Crippen LogP contribution in [0.25, 0.3) is 0 Å². The highest BCUT2D eigenvalue weighted by Crippen LogP contribution is 2.37. The van der Waals surface area contributed by atoms with Crippen LogP contribution in [0.5, 0.6) is 0 Å². The lowest BCUT2D eigenvalue weighted by Gasteiger charge is -2.30. The van der Waals surface area contributed by atoms with Crippen molar-refractivity contribution in [1.29, 1.82) is 0 Å². The maximum Gasteiger partial charge on any atom is 0.326 e. The van der Waals surface area contributed by atoms with Crippen LogP contribution >= 0.6 is 0 Å². The molecule has 2 aliphatic carbocycles. The Kier molecular flexibility index (Phi) is 5.44. The second-order valence-electron chi connectivity index (χ2n) is 6.45. The first-order valence-corrected chi connectivity index (χ1v) is 8.26. The third-order valence-electron chi connectivity index (χ3n) is 4.70. The molecule has 20 heavy (non-hydrogen) atoms. The summed E-state index contributed by atoms with van der Waals surface area (Å²) < 4.78 is 5.35. The predicted molar refractivity (Wildman–Crippen MR) is 80.7 cm³/mol. The van der Waals surface area contributed by atoms with Gasteiger partial charge in [0.25, 0.3) is 0 Å². The molecule has 2 unspecified atom stereocenters. The summed E-state index contributed by atoms with van der Waals surface area (Å²) >= 11 is 0. The largest absolute Gasteiger partial charge is 0.465 e. The molecule has 2 saturated carbocycles. The summed E-state index contributed by atoms with van der Waals surface area (Å²) in [7, 11) is 2.19. The molecular formula is C16H30N2O2. The minimum Gasteiger partial charge on any atom is -0.465 e. The molecule has 1 N–H and O–H groups in total. The lowest BCUT2D eigenvalue weighted by Crippen LogP contribution is -2.53. The summed E-state index contributed by atoms with van der Waals surface area (Å²) in [5.74, 6) is -0.0294. The summed E-state index contributed by atoms with van der Waals surface area (Å²) in [6.07, 6.45) is 7.79. The zero-order valence-corrected chi connectivity index (χ0v) is 13.3. The van der Waals surface area contributed by atoms with Gasteiger partial charge in [-0.1, -0.05) is 13.3 Å². The highest BCUT2D eigenvalue weighted by Gasteiger charge is 2.49. The van der Waals surface area contributed by atoms with E-state index in [9.17, 15) is 4.79 Å². The Bertz CT molecular complexity index is 330. The first-order valence-electron chi connectivity index (χ1n) is 8.26.